The van der Waals surface area contributed by atoms with Gasteiger partial charge in [0.1, 0.15) is 13.2 Å². The van der Waals surface area contributed by atoms with Crippen molar-refractivity contribution in [3.8, 4) is 0 Å². The first-order valence-electron chi connectivity index (χ1n) is 22.2. The van der Waals surface area contributed by atoms with E-state index in [0.717, 1.165) is 38.5 Å². The van der Waals surface area contributed by atoms with Crippen molar-refractivity contribution in [3.63, 3.8) is 0 Å². The number of hydrogen-bond donors (Lipinski definition) is 3. The van der Waals surface area contributed by atoms with Gasteiger partial charge in [-0.3, -0.25) is 13.8 Å². The largest absolute Gasteiger partial charge is 0.472 e. The molecule has 9 heteroatoms. The zero-order valence-electron chi connectivity index (χ0n) is 35.5. The molecule has 0 heterocycles. The topological polar surface area (TPSA) is 105 Å². The average molecular weight is 772 g/mol. The molecule has 0 rings (SSSR count). The van der Waals surface area contributed by atoms with Crippen LogP contribution in [0.4, 0.5) is 0 Å². The van der Waals surface area contributed by atoms with E-state index in [9.17, 15) is 19.4 Å². The van der Waals surface area contributed by atoms with Crippen molar-refractivity contribution in [2.45, 2.75) is 212 Å². The highest BCUT2D eigenvalue weighted by Crippen LogP contribution is 2.43. The van der Waals surface area contributed by atoms with Crippen molar-refractivity contribution in [1.29, 1.82) is 0 Å². The Morgan fingerprint density at radius 2 is 1.04 bits per heavy atom. The number of phosphoric acid groups is 1. The van der Waals surface area contributed by atoms with Crippen molar-refractivity contribution >= 4 is 13.7 Å². The molecule has 3 unspecified atom stereocenters. The zero-order chi connectivity index (χ0) is 39.3. The Bertz CT molecular complexity index is 922. The number of hydrogen-bond acceptors (Lipinski definition) is 5. The number of aliphatic hydroxyl groups is 1. The first-order valence-corrected chi connectivity index (χ1v) is 23.7. The average Bonchev–Trinajstić information content (AvgIpc) is 3.10. The molecule has 3 atom stereocenters. The summed E-state index contributed by atoms with van der Waals surface area (Å²) in [5, 5.41) is 13.8. The molecule has 3 N–H and O–H groups in total. The molecular weight excluding hydrogens is 683 g/mol. The van der Waals surface area contributed by atoms with Crippen molar-refractivity contribution in [2.24, 2.45) is 0 Å². The summed E-state index contributed by atoms with van der Waals surface area (Å²) in [4.78, 5) is 23.0. The molecule has 53 heavy (non-hydrogen) atoms. The van der Waals surface area contributed by atoms with Gasteiger partial charge in [-0.15, -0.1) is 0 Å². The number of carbonyl (C=O) groups excluding carboxylic acids is 1. The molecule has 0 saturated heterocycles. The van der Waals surface area contributed by atoms with E-state index in [4.69, 9.17) is 9.05 Å². The van der Waals surface area contributed by atoms with Crippen LogP contribution in [0, 0.1) is 0 Å². The number of rotatable bonds is 40. The van der Waals surface area contributed by atoms with Crippen LogP contribution >= 0.6 is 7.82 Å². The minimum Gasteiger partial charge on any atom is -0.387 e. The lowest BCUT2D eigenvalue weighted by Gasteiger charge is -2.25. The van der Waals surface area contributed by atoms with Crippen LogP contribution in [0.1, 0.15) is 200 Å². The fraction of sp³-hybridized carbons (Fsp3) is 0.886. The van der Waals surface area contributed by atoms with E-state index >= 15 is 0 Å². The van der Waals surface area contributed by atoms with Crippen LogP contribution in [-0.2, 0) is 18.4 Å². The van der Waals surface area contributed by atoms with Crippen molar-refractivity contribution < 1.29 is 32.9 Å². The Kier molecular flexibility index (Phi) is 35.9. The van der Waals surface area contributed by atoms with Crippen LogP contribution in [0.25, 0.3) is 0 Å². The third-order valence-corrected chi connectivity index (χ3v) is 10.9. The molecule has 0 aromatic heterocycles. The number of aliphatic hydroxyl groups excluding tert-OH is 1. The van der Waals surface area contributed by atoms with Gasteiger partial charge in [-0.2, -0.15) is 0 Å². The summed E-state index contributed by atoms with van der Waals surface area (Å²) in [5.74, 6) is -0.189. The molecule has 0 bridgehead atoms. The Morgan fingerprint density at radius 1 is 0.623 bits per heavy atom. The maximum Gasteiger partial charge on any atom is 0.472 e. The predicted molar refractivity (Wildman–Crippen MR) is 226 cm³/mol. The molecule has 0 aliphatic rings. The molecule has 1 amide bonds. The van der Waals surface area contributed by atoms with Crippen molar-refractivity contribution in [2.75, 3.05) is 40.9 Å². The van der Waals surface area contributed by atoms with E-state index in [1.54, 1.807) is 6.08 Å². The van der Waals surface area contributed by atoms with Crippen LogP contribution in [0.15, 0.2) is 24.3 Å². The monoisotopic (exact) mass is 772 g/mol. The quantitative estimate of drug-likeness (QED) is 0.0248. The molecule has 0 aliphatic heterocycles. The van der Waals surface area contributed by atoms with Gasteiger partial charge >= 0.3 is 7.82 Å². The molecule has 0 aromatic carbocycles. The maximum atomic E-state index is 12.8. The van der Waals surface area contributed by atoms with E-state index in [-0.39, 0.29) is 19.1 Å². The molecule has 314 valence electrons. The highest BCUT2D eigenvalue weighted by molar-refractivity contribution is 7.47. The summed E-state index contributed by atoms with van der Waals surface area (Å²) in [6.45, 7) is 4.78. The number of likely N-dealkylation sites (N-methyl/N-ethyl adjacent to an activating group) is 1. The van der Waals surface area contributed by atoms with Gasteiger partial charge in [-0.05, 0) is 32.1 Å². The van der Waals surface area contributed by atoms with E-state index in [1.165, 1.54) is 141 Å². The van der Waals surface area contributed by atoms with Gasteiger partial charge in [-0.1, -0.05) is 186 Å². The fourth-order valence-electron chi connectivity index (χ4n) is 6.35. The molecule has 0 aromatic rings. The third-order valence-electron chi connectivity index (χ3n) is 9.92. The predicted octanol–water partition coefficient (Wildman–Crippen LogP) is 12.1. The van der Waals surface area contributed by atoms with Gasteiger partial charge in [-0.25, -0.2) is 4.57 Å². The second-order valence-corrected chi connectivity index (χ2v) is 17.9. The van der Waals surface area contributed by atoms with Gasteiger partial charge in [0.25, 0.3) is 0 Å². The molecule has 0 radical (unpaired) electrons. The van der Waals surface area contributed by atoms with Gasteiger partial charge in [0.05, 0.1) is 39.9 Å². The first kappa shape index (κ1) is 52.0. The third kappa shape index (κ3) is 39.0. The molecule has 0 fully saturated rings. The Hall–Kier alpha value is -1.02. The highest BCUT2D eigenvalue weighted by Gasteiger charge is 2.27. The van der Waals surface area contributed by atoms with Crippen LogP contribution < -0.4 is 5.32 Å². The number of carbonyl (C=O) groups is 1. The summed E-state index contributed by atoms with van der Waals surface area (Å²) in [6, 6.07) is -0.856. The van der Waals surface area contributed by atoms with Crippen LogP contribution in [0.3, 0.4) is 0 Å². The van der Waals surface area contributed by atoms with Crippen LogP contribution in [0.5, 0.6) is 0 Å². The molecule has 8 nitrogen and oxygen atoms in total. The van der Waals surface area contributed by atoms with Crippen molar-refractivity contribution in [3.05, 3.63) is 24.3 Å². The standard InChI is InChI=1S/C44H87N2O6P/c1-6-8-10-12-14-16-18-19-20-21-22-23-24-25-26-27-28-29-31-33-35-37-43(47)42(41-52-53(49,50)51-40-39-46(3,4)5)45-44(48)38-36-34-32-30-17-15-13-11-9-7-2/h28-29,35,37,42-43,47H,6-27,30-34,36,38-41H2,1-5H3,(H-,45,48,49,50)/p+1/b29-28+,37-35+. The highest BCUT2D eigenvalue weighted by atomic mass is 31.2. The fourth-order valence-corrected chi connectivity index (χ4v) is 7.09. The zero-order valence-corrected chi connectivity index (χ0v) is 36.4. The molecular formula is C44H88N2O6P+. The summed E-state index contributed by atoms with van der Waals surface area (Å²) < 4.78 is 23.5. The SMILES string of the molecule is CCCCCCCCCCCCCCCCC/C=C/CC/C=C/C(O)C(COP(=O)(O)OCC[N+](C)(C)C)NC(=O)CCCCCCCCCCCC. The van der Waals surface area contributed by atoms with Gasteiger partial charge in [0.15, 0.2) is 0 Å². The van der Waals surface area contributed by atoms with Crippen LogP contribution in [0.2, 0.25) is 0 Å². The van der Waals surface area contributed by atoms with E-state index in [2.05, 4.69) is 31.3 Å². The molecule has 0 spiro atoms. The summed E-state index contributed by atoms with van der Waals surface area (Å²) in [5.41, 5.74) is 0. The Labute approximate surface area is 328 Å². The Morgan fingerprint density at radius 3 is 1.51 bits per heavy atom. The molecule has 0 aliphatic carbocycles. The smallest absolute Gasteiger partial charge is 0.387 e. The number of phosphoric ester groups is 1. The van der Waals surface area contributed by atoms with E-state index < -0.39 is 20.0 Å². The van der Waals surface area contributed by atoms with Crippen LogP contribution in [-0.4, -0.2) is 73.4 Å². The molecule has 0 saturated carbocycles. The first-order chi connectivity index (χ1) is 25.5. The second kappa shape index (κ2) is 36.6. The van der Waals surface area contributed by atoms with Gasteiger partial charge < -0.3 is 19.8 Å². The van der Waals surface area contributed by atoms with E-state index in [0.29, 0.717) is 17.4 Å². The normalized spacial score (nSPS) is 14.6. The number of allylic oxidation sites excluding steroid dienone is 3. The Balaban J connectivity index is 4.38. The van der Waals surface area contributed by atoms with Gasteiger partial charge in [0, 0.05) is 6.42 Å². The minimum absolute atomic E-state index is 0.0580. The van der Waals surface area contributed by atoms with E-state index in [1.807, 2.05) is 27.2 Å². The van der Waals surface area contributed by atoms with Crippen molar-refractivity contribution in [1.82, 2.24) is 5.32 Å². The lowest BCUT2D eigenvalue weighted by atomic mass is 10.0. The number of unbranched alkanes of at least 4 members (excludes halogenated alkanes) is 25. The number of nitrogens with one attached hydrogen (secondary N) is 1. The summed E-state index contributed by atoms with van der Waals surface area (Å²) in [7, 11) is 1.56. The number of quaternary nitrogens is 1. The summed E-state index contributed by atoms with van der Waals surface area (Å²) >= 11 is 0. The number of nitrogens with zero attached hydrogens (tertiary/aromatic N) is 1. The lowest BCUT2D eigenvalue weighted by molar-refractivity contribution is -0.870. The minimum atomic E-state index is -4.34. The number of amides is 1. The summed E-state index contributed by atoms with van der Waals surface area (Å²) in [6.07, 6.45) is 42.6. The second-order valence-electron chi connectivity index (χ2n) is 16.4. The van der Waals surface area contributed by atoms with Gasteiger partial charge in [0.2, 0.25) is 5.91 Å². The lowest BCUT2D eigenvalue weighted by Crippen LogP contribution is -2.45. The maximum absolute atomic E-state index is 12.8.